The molecule has 4 heteroatoms. The molecule has 0 heterocycles. The van der Waals surface area contributed by atoms with Crippen LogP contribution in [0.25, 0.3) is 11.1 Å². The molecular formula is C14H10F3I. The smallest absolute Gasteiger partial charge is 0.166 e. The van der Waals surface area contributed by atoms with Gasteiger partial charge in [-0.25, -0.2) is 0 Å². The fourth-order valence-electron chi connectivity index (χ4n) is 1.87. The summed E-state index contributed by atoms with van der Waals surface area (Å²) in [6.07, 6.45) is -4.33. The Hall–Kier alpha value is -1.04. The van der Waals surface area contributed by atoms with Gasteiger partial charge in [0.2, 0.25) is 0 Å². The van der Waals surface area contributed by atoms with Gasteiger partial charge in [0.05, 0.1) is 5.56 Å². The van der Waals surface area contributed by atoms with E-state index < -0.39 is 11.7 Å². The van der Waals surface area contributed by atoms with Gasteiger partial charge in [-0.2, -0.15) is 13.2 Å². The van der Waals surface area contributed by atoms with Crippen LogP contribution in [0.15, 0.2) is 42.5 Å². The van der Waals surface area contributed by atoms with Gasteiger partial charge in [0.1, 0.15) is 0 Å². The van der Waals surface area contributed by atoms with Crippen LogP contribution in [-0.4, -0.2) is 0 Å². The van der Waals surface area contributed by atoms with E-state index in [4.69, 9.17) is 0 Å². The van der Waals surface area contributed by atoms with Gasteiger partial charge in [-0.1, -0.05) is 24.3 Å². The lowest BCUT2D eigenvalue weighted by atomic mass is 9.98. The highest BCUT2D eigenvalue weighted by molar-refractivity contribution is 14.1. The minimum atomic E-state index is -4.33. The summed E-state index contributed by atoms with van der Waals surface area (Å²) in [7, 11) is 0. The number of benzene rings is 2. The van der Waals surface area contributed by atoms with Crippen molar-refractivity contribution in [1.82, 2.24) is 0 Å². The molecular weight excluding hydrogens is 352 g/mol. The van der Waals surface area contributed by atoms with E-state index in [-0.39, 0.29) is 5.56 Å². The topological polar surface area (TPSA) is 0 Å². The molecule has 18 heavy (non-hydrogen) atoms. The Morgan fingerprint density at radius 1 is 1.00 bits per heavy atom. The molecule has 0 radical (unpaired) electrons. The van der Waals surface area contributed by atoms with Gasteiger partial charge >= 0.3 is 6.18 Å². The van der Waals surface area contributed by atoms with Crippen molar-refractivity contribution in [2.24, 2.45) is 0 Å². The zero-order valence-electron chi connectivity index (χ0n) is 9.55. The monoisotopic (exact) mass is 362 g/mol. The first-order valence-corrected chi connectivity index (χ1v) is 6.39. The molecule has 0 aromatic heterocycles. The molecule has 0 amide bonds. The van der Waals surface area contributed by atoms with E-state index in [1.54, 1.807) is 18.2 Å². The summed E-state index contributed by atoms with van der Waals surface area (Å²) >= 11 is 2.11. The Morgan fingerprint density at radius 3 is 2.28 bits per heavy atom. The highest BCUT2D eigenvalue weighted by Crippen LogP contribution is 2.37. The van der Waals surface area contributed by atoms with Crippen molar-refractivity contribution in [3.05, 3.63) is 57.2 Å². The predicted molar refractivity (Wildman–Crippen MR) is 74.3 cm³/mol. The molecule has 0 aliphatic heterocycles. The van der Waals surface area contributed by atoms with Crippen LogP contribution < -0.4 is 0 Å². The number of aryl methyl sites for hydroxylation is 1. The molecule has 2 aromatic rings. The quantitative estimate of drug-likeness (QED) is 0.605. The summed E-state index contributed by atoms with van der Waals surface area (Å²) in [6.45, 7) is 1.88. The third-order valence-electron chi connectivity index (χ3n) is 2.59. The Kier molecular flexibility index (Phi) is 3.66. The van der Waals surface area contributed by atoms with Crippen LogP contribution in [0.5, 0.6) is 0 Å². The van der Waals surface area contributed by atoms with Crippen molar-refractivity contribution >= 4 is 22.6 Å². The lowest BCUT2D eigenvalue weighted by Gasteiger charge is -2.13. The standard InChI is InChI=1S/C14H10F3I/c1-9-6-10(8-11(18)7-9)12-4-2-3-5-13(12)14(15,16)17/h2-8H,1H3. The van der Waals surface area contributed by atoms with Gasteiger partial charge in [-0.05, 0) is 64.4 Å². The molecule has 0 nitrogen and oxygen atoms in total. The highest BCUT2D eigenvalue weighted by Gasteiger charge is 2.33. The van der Waals surface area contributed by atoms with E-state index in [9.17, 15) is 13.2 Å². The summed E-state index contributed by atoms with van der Waals surface area (Å²) < 4.78 is 39.7. The largest absolute Gasteiger partial charge is 0.417 e. The minimum absolute atomic E-state index is 0.228. The average Bonchev–Trinajstić information content (AvgIpc) is 2.26. The van der Waals surface area contributed by atoms with Crippen LogP contribution in [-0.2, 0) is 6.18 Å². The molecule has 0 N–H and O–H groups in total. The van der Waals surface area contributed by atoms with Gasteiger partial charge in [0, 0.05) is 3.57 Å². The van der Waals surface area contributed by atoms with Crippen molar-refractivity contribution in [3.8, 4) is 11.1 Å². The Bertz CT molecular complexity index is 553. The summed E-state index contributed by atoms with van der Waals surface area (Å²) in [5, 5.41) is 0. The van der Waals surface area contributed by atoms with E-state index in [0.29, 0.717) is 5.56 Å². The van der Waals surface area contributed by atoms with E-state index in [1.165, 1.54) is 12.1 Å². The Balaban J connectivity index is 2.64. The third-order valence-corrected chi connectivity index (χ3v) is 3.21. The number of halogens is 4. The van der Waals surface area contributed by atoms with Crippen LogP contribution >= 0.6 is 22.6 Å². The SMILES string of the molecule is Cc1cc(I)cc(-c2ccccc2C(F)(F)F)c1. The van der Waals surface area contributed by atoms with Crippen LogP contribution in [0.1, 0.15) is 11.1 Å². The minimum Gasteiger partial charge on any atom is -0.166 e. The molecule has 0 bridgehead atoms. The molecule has 2 rings (SSSR count). The Labute approximate surface area is 117 Å². The molecule has 0 saturated heterocycles. The third kappa shape index (κ3) is 2.85. The van der Waals surface area contributed by atoms with E-state index >= 15 is 0 Å². The fourth-order valence-corrected chi connectivity index (χ4v) is 2.70. The van der Waals surface area contributed by atoms with E-state index in [1.807, 2.05) is 13.0 Å². The normalized spacial score (nSPS) is 11.6. The maximum Gasteiger partial charge on any atom is 0.417 e. The van der Waals surface area contributed by atoms with Crippen molar-refractivity contribution in [2.45, 2.75) is 13.1 Å². The summed E-state index contributed by atoms with van der Waals surface area (Å²) in [4.78, 5) is 0. The molecule has 0 aliphatic carbocycles. The molecule has 0 fully saturated rings. The van der Waals surface area contributed by atoms with Gasteiger partial charge in [-0.3, -0.25) is 0 Å². The lowest BCUT2D eigenvalue weighted by molar-refractivity contribution is -0.137. The zero-order valence-corrected chi connectivity index (χ0v) is 11.7. The van der Waals surface area contributed by atoms with Crippen LogP contribution in [0, 0.1) is 10.5 Å². The number of rotatable bonds is 1. The van der Waals surface area contributed by atoms with Gasteiger partial charge < -0.3 is 0 Å². The first-order chi connectivity index (χ1) is 8.38. The average molecular weight is 362 g/mol. The Morgan fingerprint density at radius 2 is 1.67 bits per heavy atom. The number of hydrogen-bond acceptors (Lipinski definition) is 0. The van der Waals surface area contributed by atoms with Gasteiger partial charge in [0.15, 0.2) is 0 Å². The second-order valence-corrected chi connectivity index (χ2v) is 5.31. The second-order valence-electron chi connectivity index (χ2n) is 4.06. The van der Waals surface area contributed by atoms with Crippen molar-refractivity contribution < 1.29 is 13.2 Å². The summed E-state index contributed by atoms with van der Waals surface area (Å²) in [5.41, 5.74) is 1.19. The molecule has 0 spiro atoms. The van der Waals surface area contributed by atoms with Gasteiger partial charge in [0.25, 0.3) is 0 Å². The molecule has 0 atom stereocenters. The van der Waals surface area contributed by atoms with Gasteiger partial charge in [-0.15, -0.1) is 0 Å². The van der Waals surface area contributed by atoms with Crippen LogP contribution in [0.4, 0.5) is 13.2 Å². The lowest BCUT2D eigenvalue weighted by Crippen LogP contribution is -2.06. The second kappa shape index (κ2) is 4.91. The molecule has 0 unspecified atom stereocenters. The first kappa shape index (κ1) is 13.4. The molecule has 2 aromatic carbocycles. The van der Waals surface area contributed by atoms with Crippen LogP contribution in [0.2, 0.25) is 0 Å². The van der Waals surface area contributed by atoms with Crippen molar-refractivity contribution in [2.75, 3.05) is 0 Å². The zero-order chi connectivity index (χ0) is 13.3. The molecule has 94 valence electrons. The number of hydrogen-bond donors (Lipinski definition) is 0. The molecule has 0 saturated carbocycles. The highest BCUT2D eigenvalue weighted by atomic mass is 127. The first-order valence-electron chi connectivity index (χ1n) is 5.32. The summed E-state index contributed by atoms with van der Waals surface area (Å²) in [5.74, 6) is 0. The van der Waals surface area contributed by atoms with Crippen LogP contribution in [0.3, 0.4) is 0 Å². The predicted octanol–water partition coefficient (Wildman–Crippen LogP) is 5.29. The van der Waals surface area contributed by atoms with Crippen molar-refractivity contribution in [3.63, 3.8) is 0 Å². The summed E-state index contributed by atoms with van der Waals surface area (Å²) in [6, 6.07) is 11.1. The fraction of sp³-hybridized carbons (Fsp3) is 0.143. The number of alkyl halides is 3. The van der Waals surface area contributed by atoms with E-state index in [2.05, 4.69) is 22.6 Å². The maximum atomic E-state index is 12.9. The maximum absolute atomic E-state index is 12.9. The van der Waals surface area contributed by atoms with E-state index in [0.717, 1.165) is 15.2 Å². The molecule has 0 aliphatic rings. The van der Waals surface area contributed by atoms with Crippen molar-refractivity contribution in [1.29, 1.82) is 0 Å².